The van der Waals surface area contributed by atoms with Gasteiger partial charge in [0.25, 0.3) is 0 Å². The molecule has 0 saturated heterocycles. The number of alkyl carbamates (subject to hydrolysis) is 1. The number of Topliss-reactive ketones (excluding diaryl/α,β-unsaturated/α-hetero) is 1. The van der Waals surface area contributed by atoms with E-state index in [1.807, 2.05) is 20.8 Å². The number of methoxy groups -OCH3 is 2. The number of carbonyl (C=O) groups is 2. The lowest BCUT2D eigenvalue weighted by molar-refractivity contribution is 0.0527. The van der Waals surface area contributed by atoms with E-state index in [0.29, 0.717) is 47.3 Å². The molecular weight excluding hydrogens is 390 g/mol. The topological polar surface area (TPSA) is 73.9 Å². The van der Waals surface area contributed by atoms with Crippen molar-refractivity contribution in [3.63, 3.8) is 0 Å². The van der Waals surface area contributed by atoms with Crippen LogP contribution >= 0.6 is 15.9 Å². The summed E-state index contributed by atoms with van der Waals surface area (Å²) < 4.78 is 16.3. The zero-order valence-electron chi connectivity index (χ0n) is 15.4. The van der Waals surface area contributed by atoms with Crippen LogP contribution in [0.3, 0.4) is 0 Å². The summed E-state index contributed by atoms with van der Waals surface area (Å²) in [6.07, 6.45) is 1.29. The van der Waals surface area contributed by atoms with Crippen LogP contribution in [0.4, 0.5) is 4.79 Å². The second kappa shape index (κ2) is 9.65. The molecule has 1 amide bonds. The van der Waals surface area contributed by atoms with Crippen molar-refractivity contribution in [2.75, 3.05) is 20.8 Å². The lowest BCUT2D eigenvalue weighted by Gasteiger charge is -2.19. The van der Waals surface area contributed by atoms with Crippen molar-refractivity contribution >= 4 is 27.8 Å². The summed E-state index contributed by atoms with van der Waals surface area (Å²) in [5, 5.41) is 2.68. The van der Waals surface area contributed by atoms with Gasteiger partial charge in [-0.05, 0) is 61.7 Å². The molecule has 0 unspecified atom stereocenters. The van der Waals surface area contributed by atoms with Crippen LogP contribution in [0.2, 0.25) is 0 Å². The third-order valence-corrected chi connectivity index (χ3v) is 4.05. The maximum atomic E-state index is 12.3. The van der Waals surface area contributed by atoms with Gasteiger partial charge >= 0.3 is 6.09 Å². The molecule has 1 rings (SSSR count). The van der Waals surface area contributed by atoms with E-state index in [-0.39, 0.29) is 5.78 Å². The molecule has 0 bridgehead atoms. The number of benzene rings is 1. The standard InChI is InChI=1S/C18H26BrNO5/c1-18(2,3)25-17(22)20-9-7-6-8-13(21)12-10-14(23-4)16(19)15(11-12)24-5/h10-11H,6-9H2,1-5H3,(H,20,22). The first kappa shape index (κ1) is 21.3. The summed E-state index contributed by atoms with van der Waals surface area (Å²) >= 11 is 3.38. The van der Waals surface area contributed by atoms with Crippen LogP contribution in [0.1, 0.15) is 50.4 Å². The van der Waals surface area contributed by atoms with Crippen molar-refractivity contribution < 1.29 is 23.8 Å². The van der Waals surface area contributed by atoms with E-state index in [4.69, 9.17) is 14.2 Å². The monoisotopic (exact) mass is 415 g/mol. The van der Waals surface area contributed by atoms with Gasteiger partial charge in [0.1, 0.15) is 21.6 Å². The Balaban J connectivity index is 2.46. The van der Waals surface area contributed by atoms with Crippen LogP contribution in [-0.4, -0.2) is 38.2 Å². The van der Waals surface area contributed by atoms with Gasteiger partial charge in [-0.2, -0.15) is 0 Å². The highest BCUT2D eigenvalue weighted by Gasteiger charge is 2.16. The van der Waals surface area contributed by atoms with E-state index in [0.717, 1.165) is 0 Å². The van der Waals surface area contributed by atoms with Gasteiger partial charge in [0.15, 0.2) is 5.78 Å². The Hall–Kier alpha value is -1.76. The Labute approximate surface area is 157 Å². The third kappa shape index (κ3) is 7.34. The maximum Gasteiger partial charge on any atom is 0.407 e. The molecule has 0 aliphatic carbocycles. The summed E-state index contributed by atoms with van der Waals surface area (Å²) in [7, 11) is 3.08. The van der Waals surface area contributed by atoms with E-state index in [1.54, 1.807) is 12.1 Å². The molecule has 0 radical (unpaired) electrons. The fourth-order valence-electron chi connectivity index (χ4n) is 2.09. The van der Waals surface area contributed by atoms with Crippen molar-refractivity contribution in [2.45, 2.75) is 45.6 Å². The number of ether oxygens (including phenoxy) is 3. The molecule has 25 heavy (non-hydrogen) atoms. The third-order valence-electron chi connectivity index (χ3n) is 3.27. The first-order valence-electron chi connectivity index (χ1n) is 8.09. The molecule has 140 valence electrons. The zero-order chi connectivity index (χ0) is 19.0. The quantitative estimate of drug-likeness (QED) is 0.504. The minimum Gasteiger partial charge on any atom is -0.495 e. The Kier molecular flexibility index (Phi) is 8.22. The fourth-order valence-corrected chi connectivity index (χ4v) is 2.64. The fraction of sp³-hybridized carbons (Fsp3) is 0.556. The minimum absolute atomic E-state index is 0.00127. The van der Waals surface area contributed by atoms with Crippen LogP contribution in [0.15, 0.2) is 16.6 Å². The van der Waals surface area contributed by atoms with Crippen molar-refractivity contribution in [2.24, 2.45) is 0 Å². The second-order valence-electron chi connectivity index (χ2n) is 6.50. The number of amides is 1. The van der Waals surface area contributed by atoms with Crippen molar-refractivity contribution in [1.82, 2.24) is 5.32 Å². The molecule has 1 aromatic rings. The highest BCUT2D eigenvalue weighted by molar-refractivity contribution is 9.10. The number of halogens is 1. The molecule has 1 aromatic carbocycles. The first-order chi connectivity index (χ1) is 11.7. The molecule has 0 aromatic heterocycles. The SMILES string of the molecule is COc1cc(C(=O)CCCCNC(=O)OC(C)(C)C)cc(OC)c1Br. The molecule has 1 N–H and O–H groups in total. The van der Waals surface area contributed by atoms with Crippen LogP contribution in [0, 0.1) is 0 Å². The molecule has 0 heterocycles. The van der Waals surface area contributed by atoms with Crippen molar-refractivity contribution in [3.8, 4) is 11.5 Å². The van der Waals surface area contributed by atoms with Gasteiger partial charge < -0.3 is 19.5 Å². The summed E-state index contributed by atoms with van der Waals surface area (Å²) in [5.74, 6) is 1.10. The van der Waals surface area contributed by atoms with Crippen molar-refractivity contribution in [3.05, 3.63) is 22.2 Å². The Bertz CT molecular complexity index is 585. The van der Waals surface area contributed by atoms with Gasteiger partial charge in [-0.15, -0.1) is 0 Å². The lowest BCUT2D eigenvalue weighted by Crippen LogP contribution is -2.33. The highest BCUT2D eigenvalue weighted by Crippen LogP contribution is 2.36. The Morgan fingerprint density at radius 2 is 1.64 bits per heavy atom. The number of ketones is 1. The summed E-state index contributed by atoms with van der Waals surface area (Å²) in [6.45, 7) is 5.90. The predicted molar refractivity (Wildman–Crippen MR) is 99.7 cm³/mol. The normalized spacial score (nSPS) is 11.0. The number of rotatable bonds is 8. The van der Waals surface area contributed by atoms with Crippen molar-refractivity contribution in [1.29, 1.82) is 0 Å². The zero-order valence-corrected chi connectivity index (χ0v) is 17.0. The number of hydrogen-bond acceptors (Lipinski definition) is 5. The molecule has 0 saturated carbocycles. The smallest absolute Gasteiger partial charge is 0.407 e. The van der Waals surface area contributed by atoms with Crippen LogP contribution in [-0.2, 0) is 4.74 Å². The number of unbranched alkanes of at least 4 members (excludes halogenated alkanes) is 1. The Morgan fingerprint density at radius 3 is 2.12 bits per heavy atom. The molecular formula is C18H26BrNO5. The average molecular weight is 416 g/mol. The minimum atomic E-state index is -0.514. The van der Waals surface area contributed by atoms with E-state index in [1.165, 1.54) is 14.2 Å². The van der Waals surface area contributed by atoms with E-state index in [9.17, 15) is 9.59 Å². The number of nitrogens with one attached hydrogen (secondary N) is 1. The highest BCUT2D eigenvalue weighted by atomic mass is 79.9. The molecule has 0 aliphatic heterocycles. The average Bonchev–Trinajstić information content (AvgIpc) is 2.52. The van der Waals surface area contributed by atoms with Crippen LogP contribution in [0.25, 0.3) is 0 Å². The van der Waals surface area contributed by atoms with Gasteiger partial charge in [-0.3, -0.25) is 4.79 Å². The second-order valence-corrected chi connectivity index (χ2v) is 7.30. The van der Waals surface area contributed by atoms with Gasteiger partial charge in [0.05, 0.1) is 14.2 Å². The number of hydrogen-bond donors (Lipinski definition) is 1. The van der Waals surface area contributed by atoms with E-state index in [2.05, 4.69) is 21.2 Å². The lowest BCUT2D eigenvalue weighted by atomic mass is 10.0. The van der Waals surface area contributed by atoms with E-state index < -0.39 is 11.7 Å². The predicted octanol–water partition coefficient (Wildman–Crippen LogP) is 4.34. The molecule has 7 heteroatoms. The molecule has 0 aliphatic rings. The van der Waals surface area contributed by atoms with Gasteiger partial charge in [0, 0.05) is 18.5 Å². The molecule has 0 atom stereocenters. The largest absolute Gasteiger partial charge is 0.495 e. The van der Waals surface area contributed by atoms with E-state index >= 15 is 0 Å². The number of carbonyl (C=O) groups excluding carboxylic acids is 2. The molecule has 0 spiro atoms. The summed E-state index contributed by atoms with van der Waals surface area (Å²) in [5.41, 5.74) is 0.0247. The first-order valence-corrected chi connectivity index (χ1v) is 8.89. The molecule has 6 nitrogen and oxygen atoms in total. The van der Waals surface area contributed by atoms with Gasteiger partial charge in [-0.1, -0.05) is 0 Å². The van der Waals surface area contributed by atoms with Crippen LogP contribution in [0.5, 0.6) is 11.5 Å². The summed E-state index contributed by atoms with van der Waals surface area (Å²) in [4.78, 5) is 23.9. The summed E-state index contributed by atoms with van der Waals surface area (Å²) in [6, 6.07) is 3.38. The van der Waals surface area contributed by atoms with Crippen LogP contribution < -0.4 is 14.8 Å². The van der Waals surface area contributed by atoms with Gasteiger partial charge in [-0.25, -0.2) is 4.79 Å². The maximum absolute atomic E-state index is 12.3. The van der Waals surface area contributed by atoms with Gasteiger partial charge in [0.2, 0.25) is 0 Å². The molecule has 0 fully saturated rings. The Morgan fingerprint density at radius 1 is 1.08 bits per heavy atom.